The first-order valence-electron chi connectivity index (χ1n) is 36.6. The van der Waals surface area contributed by atoms with E-state index >= 15 is 0 Å². The third kappa shape index (κ3) is 56.9. The van der Waals surface area contributed by atoms with Gasteiger partial charge in [-0.05, 0) is 49.4 Å². The average Bonchev–Trinajstić information content (AvgIpc) is 1.62. The van der Waals surface area contributed by atoms with E-state index < -0.39 is 29.6 Å². The van der Waals surface area contributed by atoms with Crippen LogP contribution in [0.1, 0.15) is 50.7 Å². The van der Waals surface area contributed by atoms with E-state index in [1.807, 2.05) is 36.4 Å². The zero-order chi connectivity index (χ0) is 74.2. The molecule has 104 heavy (non-hydrogen) atoms. The van der Waals surface area contributed by atoms with Gasteiger partial charge < -0.3 is 134 Å². The van der Waals surface area contributed by atoms with Crippen LogP contribution in [0.5, 0.6) is 0 Å². The first-order chi connectivity index (χ1) is 51.2. The second kappa shape index (κ2) is 70.4. The summed E-state index contributed by atoms with van der Waals surface area (Å²) in [5, 5.41) is 5.43. The lowest BCUT2D eigenvalue weighted by Crippen LogP contribution is -2.48. The predicted molar refractivity (Wildman–Crippen MR) is 381 cm³/mol. The molecule has 602 valence electrons. The lowest BCUT2D eigenvalue weighted by atomic mass is 9.98. The Morgan fingerprint density at radius 1 is 0.337 bits per heavy atom. The fourth-order valence-electron chi connectivity index (χ4n) is 9.16. The molecule has 1 aliphatic rings. The number of hydrogen-bond donors (Lipinski definition) is 2. The first kappa shape index (κ1) is 93.9. The highest BCUT2D eigenvalue weighted by Gasteiger charge is 2.30. The second-order valence-corrected chi connectivity index (χ2v) is 23.5. The van der Waals surface area contributed by atoms with Gasteiger partial charge in [0.15, 0.2) is 0 Å². The van der Waals surface area contributed by atoms with Crippen LogP contribution < -0.4 is 10.6 Å². The van der Waals surface area contributed by atoms with Gasteiger partial charge in [0.2, 0.25) is 5.91 Å². The maximum Gasteiger partial charge on any atom is 0.407 e. The van der Waals surface area contributed by atoms with Crippen molar-refractivity contribution in [2.75, 3.05) is 331 Å². The van der Waals surface area contributed by atoms with Gasteiger partial charge in [0, 0.05) is 26.0 Å². The SMILES string of the molecule is COCCOCCOCCOCCOCCOCCOCCOCCOCCOCCOCCOCCOCCOCCOCCOCCOCCOCCOCCOCCOCCOCCOCCOCCNC(=O)[C@H](CCC(=O)OC(C)(C)C)NC(=O)OCC1c2ccccc2-c2ccccc21. The van der Waals surface area contributed by atoms with Crippen molar-refractivity contribution < 1.29 is 138 Å². The first-order valence-corrected chi connectivity index (χ1v) is 36.6. The number of rotatable bonds is 79. The molecule has 0 aliphatic heterocycles. The van der Waals surface area contributed by atoms with Crippen molar-refractivity contribution in [1.82, 2.24) is 10.6 Å². The molecule has 2 amide bonds. The Bertz CT molecular complexity index is 2210. The van der Waals surface area contributed by atoms with Crippen molar-refractivity contribution in [2.24, 2.45) is 0 Å². The number of hydrogen-bond acceptors (Lipinski definition) is 29. The summed E-state index contributed by atoms with van der Waals surface area (Å²) in [5.74, 6) is -1.10. The van der Waals surface area contributed by atoms with Crippen molar-refractivity contribution in [3.63, 3.8) is 0 Å². The minimum absolute atomic E-state index is 0.0200. The lowest BCUT2D eigenvalue weighted by molar-refractivity contribution is -0.155. The molecule has 0 saturated heterocycles. The minimum Gasteiger partial charge on any atom is -0.460 e. The molecule has 1 atom stereocenters. The van der Waals surface area contributed by atoms with Crippen LogP contribution in [0.25, 0.3) is 11.1 Å². The van der Waals surface area contributed by atoms with Crippen molar-refractivity contribution in [3.8, 4) is 11.1 Å². The highest BCUT2D eigenvalue weighted by Crippen LogP contribution is 2.44. The predicted octanol–water partition coefficient (Wildman–Crippen LogP) is 4.16. The molecular weight excluding hydrogens is 1370 g/mol. The van der Waals surface area contributed by atoms with Crippen molar-refractivity contribution in [3.05, 3.63) is 59.7 Å². The molecule has 0 heterocycles. The number of nitrogens with one attached hydrogen (secondary N) is 2. The van der Waals surface area contributed by atoms with Crippen LogP contribution in [-0.2, 0) is 133 Å². The summed E-state index contributed by atoms with van der Waals surface area (Å²) >= 11 is 0. The molecule has 0 radical (unpaired) electrons. The molecule has 31 nitrogen and oxygen atoms in total. The molecule has 31 heteroatoms. The molecule has 0 aromatic heterocycles. The number of esters is 1. The van der Waals surface area contributed by atoms with Crippen LogP contribution in [0, 0.1) is 0 Å². The number of carbonyl (C=O) groups excluding carboxylic acids is 3. The summed E-state index contributed by atoms with van der Waals surface area (Å²) in [6, 6.07) is 15.0. The molecule has 0 unspecified atom stereocenters. The monoisotopic (exact) mass is 1490 g/mol. The third-order valence-corrected chi connectivity index (χ3v) is 14.2. The summed E-state index contributed by atoms with van der Waals surface area (Å²) in [5.41, 5.74) is 3.66. The zero-order valence-corrected chi connectivity index (χ0v) is 62.7. The number of ether oxygens (including phenoxy) is 26. The smallest absolute Gasteiger partial charge is 0.407 e. The summed E-state index contributed by atoms with van der Waals surface area (Å²) in [6.45, 7) is 27.4. The molecule has 0 fully saturated rings. The molecule has 1 aliphatic carbocycles. The molecule has 0 spiro atoms. The van der Waals surface area contributed by atoms with Gasteiger partial charge in [-0.25, -0.2) is 4.79 Å². The van der Waals surface area contributed by atoms with Gasteiger partial charge in [-0.2, -0.15) is 0 Å². The summed E-state index contributed by atoms with van der Waals surface area (Å²) < 4.78 is 143. The fourth-order valence-corrected chi connectivity index (χ4v) is 9.16. The van der Waals surface area contributed by atoms with Gasteiger partial charge in [-0.3, -0.25) is 9.59 Å². The van der Waals surface area contributed by atoms with Gasteiger partial charge in [0.1, 0.15) is 18.2 Å². The van der Waals surface area contributed by atoms with E-state index in [0.717, 1.165) is 22.3 Å². The number of carbonyl (C=O) groups is 3. The average molecular weight is 1500 g/mol. The Morgan fingerprint density at radius 2 is 0.567 bits per heavy atom. The van der Waals surface area contributed by atoms with Gasteiger partial charge in [-0.15, -0.1) is 0 Å². The Kier molecular flexibility index (Phi) is 63.5. The number of fused-ring (bicyclic) bond motifs is 3. The zero-order valence-electron chi connectivity index (χ0n) is 62.7. The Labute approximate surface area is 616 Å². The van der Waals surface area contributed by atoms with E-state index in [1.54, 1.807) is 27.9 Å². The highest BCUT2D eigenvalue weighted by atomic mass is 16.6. The Morgan fingerprint density at radius 3 is 0.808 bits per heavy atom. The number of amides is 2. The van der Waals surface area contributed by atoms with E-state index in [1.165, 1.54) is 0 Å². The molecule has 0 bridgehead atoms. The van der Waals surface area contributed by atoms with Gasteiger partial charge in [0.25, 0.3) is 0 Å². The van der Waals surface area contributed by atoms with Crippen LogP contribution in [0.2, 0.25) is 0 Å². The molecule has 3 rings (SSSR count). The summed E-state index contributed by atoms with van der Waals surface area (Å²) in [6.07, 6.45) is -0.819. The molecule has 2 aromatic carbocycles. The van der Waals surface area contributed by atoms with Gasteiger partial charge >= 0.3 is 12.1 Å². The molecule has 0 saturated carbocycles. The maximum absolute atomic E-state index is 13.2. The second-order valence-electron chi connectivity index (χ2n) is 23.5. The van der Waals surface area contributed by atoms with Crippen LogP contribution in [0.3, 0.4) is 0 Å². The van der Waals surface area contributed by atoms with Gasteiger partial charge in [-0.1, -0.05) is 48.5 Å². The topological polar surface area (TPSA) is 315 Å². The number of methoxy groups -OCH3 is 1. The van der Waals surface area contributed by atoms with Crippen LogP contribution >= 0.6 is 0 Å². The van der Waals surface area contributed by atoms with Crippen molar-refractivity contribution in [1.29, 1.82) is 0 Å². The normalized spacial score (nSPS) is 12.5. The maximum atomic E-state index is 13.2. The third-order valence-electron chi connectivity index (χ3n) is 14.2. The van der Waals surface area contributed by atoms with Crippen LogP contribution in [0.15, 0.2) is 48.5 Å². The van der Waals surface area contributed by atoms with Crippen molar-refractivity contribution >= 4 is 18.0 Å². The van der Waals surface area contributed by atoms with E-state index in [-0.39, 0.29) is 38.5 Å². The molecule has 2 N–H and O–H groups in total. The summed E-state index contributed by atoms with van der Waals surface area (Å²) in [4.78, 5) is 38.8. The summed E-state index contributed by atoms with van der Waals surface area (Å²) in [7, 11) is 1.64. The van der Waals surface area contributed by atoms with Crippen LogP contribution in [0.4, 0.5) is 4.79 Å². The molecule has 2 aromatic rings. The minimum atomic E-state index is -1.04. The van der Waals surface area contributed by atoms with E-state index in [4.69, 9.17) is 123 Å². The van der Waals surface area contributed by atoms with E-state index in [9.17, 15) is 14.4 Å². The van der Waals surface area contributed by atoms with Crippen molar-refractivity contribution in [2.45, 2.75) is 51.2 Å². The van der Waals surface area contributed by atoms with E-state index in [0.29, 0.717) is 304 Å². The van der Waals surface area contributed by atoms with Gasteiger partial charge in [0.05, 0.1) is 311 Å². The van der Waals surface area contributed by atoms with E-state index in [2.05, 4.69) is 22.8 Å². The highest BCUT2D eigenvalue weighted by molar-refractivity contribution is 5.86. The quantitative estimate of drug-likeness (QED) is 0.0694. The standard InChI is InChI=1S/C73H126N2O29/c1-73(2,3)104-70(76)14-13-69(75-72(78)103-63-68-66-11-7-5-9-64(66)65-10-6-8-12-67(65)68)71(77)74-15-16-80-19-20-82-23-24-84-27-28-86-31-32-88-35-36-90-39-40-92-43-44-94-47-48-96-51-52-98-55-56-100-59-60-102-62-61-101-58-57-99-54-53-97-50-49-95-46-45-93-42-41-91-38-37-89-34-33-87-30-29-85-26-25-83-22-21-81-18-17-79-4/h5-12,68-69H,13-63H2,1-4H3,(H,74,77)(H,75,78)/t69-/m0/s1. The lowest BCUT2D eigenvalue weighted by Gasteiger charge is -2.22. The Balaban J connectivity index is 0.916. The molecular formula is C73H126N2O29. The Hall–Kier alpha value is -4.31. The number of alkyl carbamates (subject to hydrolysis) is 1. The largest absolute Gasteiger partial charge is 0.460 e. The number of benzene rings is 2. The fraction of sp³-hybridized carbons (Fsp3) is 0.795. The van der Waals surface area contributed by atoms with Crippen LogP contribution in [-0.4, -0.2) is 360 Å².